The number of nitrogens with one attached hydrogen (secondary N) is 1. The first-order valence-electron chi connectivity index (χ1n) is 11.3. The topological polar surface area (TPSA) is 54.5 Å². The lowest BCUT2D eigenvalue weighted by molar-refractivity contribution is -0.136. The Morgan fingerprint density at radius 3 is 2.80 bits per heavy atom. The summed E-state index contributed by atoms with van der Waals surface area (Å²) in [4.78, 5) is 20.1. The van der Waals surface area contributed by atoms with Crippen molar-refractivity contribution in [2.24, 2.45) is 11.3 Å². The first-order chi connectivity index (χ1) is 14.7. The van der Waals surface area contributed by atoms with E-state index in [4.69, 9.17) is 4.74 Å². The molecule has 2 aliphatic rings. The van der Waals surface area contributed by atoms with E-state index in [0.29, 0.717) is 19.1 Å². The molecule has 2 saturated heterocycles. The standard InChI is InChI=1S/C25H33N3O2/c1-2-28-12-8-21(19-28)17-27-24(29)25(9-13-30-14-10-25)16-20-5-3-6-22(15-20)23-7-4-11-26-18-23/h3-7,11,15,18,21H,2,8-10,12-14,16-17,19H2,1H3,(H,27,29)/t21-/m1/s1. The van der Waals surface area contributed by atoms with Crippen molar-refractivity contribution in [1.82, 2.24) is 15.2 Å². The smallest absolute Gasteiger partial charge is 0.226 e. The number of carbonyl (C=O) groups is 1. The van der Waals surface area contributed by atoms with Gasteiger partial charge in [0.1, 0.15) is 0 Å². The van der Waals surface area contributed by atoms with Crippen LogP contribution < -0.4 is 5.32 Å². The summed E-state index contributed by atoms with van der Waals surface area (Å²) in [5.74, 6) is 0.771. The highest BCUT2D eigenvalue weighted by Gasteiger charge is 2.40. The van der Waals surface area contributed by atoms with Crippen LogP contribution in [0, 0.1) is 11.3 Å². The van der Waals surface area contributed by atoms with Crippen LogP contribution in [0.25, 0.3) is 11.1 Å². The second kappa shape index (κ2) is 9.71. The van der Waals surface area contributed by atoms with E-state index in [-0.39, 0.29) is 11.3 Å². The van der Waals surface area contributed by atoms with Crippen LogP contribution in [0.4, 0.5) is 0 Å². The van der Waals surface area contributed by atoms with Crippen LogP contribution in [0.15, 0.2) is 48.8 Å². The normalized spacial score (nSPS) is 21.4. The van der Waals surface area contributed by atoms with Crippen molar-refractivity contribution in [3.05, 3.63) is 54.4 Å². The molecule has 1 aromatic heterocycles. The lowest BCUT2D eigenvalue weighted by Crippen LogP contribution is -2.47. The Hall–Kier alpha value is -2.24. The maximum absolute atomic E-state index is 13.4. The molecule has 160 valence electrons. The number of likely N-dealkylation sites (tertiary alicyclic amines) is 1. The van der Waals surface area contributed by atoms with E-state index in [1.54, 1.807) is 6.20 Å². The van der Waals surface area contributed by atoms with E-state index in [1.165, 1.54) is 12.0 Å². The average molecular weight is 408 g/mol. The van der Waals surface area contributed by atoms with Crippen molar-refractivity contribution >= 4 is 5.91 Å². The van der Waals surface area contributed by atoms with Crippen LogP contribution in [-0.2, 0) is 16.0 Å². The Morgan fingerprint density at radius 1 is 1.23 bits per heavy atom. The molecule has 0 aliphatic carbocycles. The number of hydrogen-bond acceptors (Lipinski definition) is 4. The molecule has 0 saturated carbocycles. The van der Waals surface area contributed by atoms with Crippen LogP contribution >= 0.6 is 0 Å². The van der Waals surface area contributed by atoms with Gasteiger partial charge in [0.25, 0.3) is 0 Å². The monoisotopic (exact) mass is 407 g/mol. The van der Waals surface area contributed by atoms with Crippen molar-refractivity contribution in [3.8, 4) is 11.1 Å². The quantitative estimate of drug-likeness (QED) is 0.763. The second-order valence-electron chi connectivity index (χ2n) is 8.77. The average Bonchev–Trinajstić information content (AvgIpc) is 3.27. The highest BCUT2D eigenvalue weighted by molar-refractivity contribution is 5.83. The molecule has 2 aromatic rings. The van der Waals surface area contributed by atoms with Gasteiger partial charge in [-0.05, 0) is 67.4 Å². The van der Waals surface area contributed by atoms with Crippen molar-refractivity contribution in [2.75, 3.05) is 39.4 Å². The van der Waals surface area contributed by atoms with Crippen molar-refractivity contribution < 1.29 is 9.53 Å². The van der Waals surface area contributed by atoms with E-state index in [9.17, 15) is 4.79 Å². The molecule has 0 spiro atoms. The summed E-state index contributed by atoms with van der Waals surface area (Å²) < 4.78 is 5.62. The van der Waals surface area contributed by atoms with Crippen LogP contribution in [0.3, 0.4) is 0 Å². The van der Waals surface area contributed by atoms with Crippen molar-refractivity contribution in [2.45, 2.75) is 32.6 Å². The van der Waals surface area contributed by atoms with E-state index in [2.05, 4.69) is 52.5 Å². The third kappa shape index (κ3) is 4.90. The van der Waals surface area contributed by atoms with Gasteiger partial charge in [-0.2, -0.15) is 0 Å². The molecule has 5 nitrogen and oxygen atoms in total. The van der Waals surface area contributed by atoms with Gasteiger partial charge in [-0.15, -0.1) is 0 Å². The molecule has 2 fully saturated rings. The number of carbonyl (C=O) groups excluding carboxylic acids is 1. The Balaban J connectivity index is 1.46. The molecule has 0 unspecified atom stereocenters. The number of pyridine rings is 1. The van der Waals surface area contributed by atoms with Crippen molar-refractivity contribution in [1.29, 1.82) is 0 Å². The number of nitrogens with zero attached hydrogens (tertiary/aromatic N) is 2. The molecular weight excluding hydrogens is 374 g/mol. The summed E-state index contributed by atoms with van der Waals surface area (Å²) in [6, 6.07) is 12.6. The minimum absolute atomic E-state index is 0.201. The zero-order valence-corrected chi connectivity index (χ0v) is 18.0. The number of amides is 1. The van der Waals surface area contributed by atoms with Gasteiger partial charge in [-0.25, -0.2) is 0 Å². The largest absolute Gasteiger partial charge is 0.381 e. The molecule has 0 bridgehead atoms. The predicted molar refractivity (Wildman–Crippen MR) is 119 cm³/mol. The molecule has 1 aromatic carbocycles. The number of ether oxygens (including phenoxy) is 1. The molecule has 5 heteroatoms. The van der Waals surface area contributed by atoms with Gasteiger partial charge in [-0.1, -0.05) is 37.3 Å². The van der Waals surface area contributed by atoms with Gasteiger partial charge in [-0.3, -0.25) is 9.78 Å². The van der Waals surface area contributed by atoms with Crippen molar-refractivity contribution in [3.63, 3.8) is 0 Å². The second-order valence-corrected chi connectivity index (χ2v) is 8.77. The molecule has 3 heterocycles. The van der Waals surface area contributed by atoms with Gasteiger partial charge in [0.05, 0.1) is 5.41 Å². The van der Waals surface area contributed by atoms with Gasteiger partial charge < -0.3 is 15.0 Å². The molecule has 1 amide bonds. The maximum atomic E-state index is 13.4. The highest BCUT2D eigenvalue weighted by Crippen LogP contribution is 2.36. The zero-order valence-electron chi connectivity index (χ0n) is 18.0. The minimum Gasteiger partial charge on any atom is -0.381 e. The SMILES string of the molecule is CCN1CC[C@H](CNC(=O)C2(Cc3cccc(-c4cccnc4)c3)CCOCC2)C1. The van der Waals surface area contributed by atoms with E-state index < -0.39 is 0 Å². The van der Waals surface area contributed by atoms with E-state index in [1.807, 2.05) is 12.3 Å². The third-order valence-electron chi connectivity index (χ3n) is 6.76. The predicted octanol–water partition coefficient (Wildman–Crippen LogP) is 3.55. The zero-order chi connectivity index (χ0) is 20.8. The third-order valence-corrected chi connectivity index (χ3v) is 6.76. The Morgan fingerprint density at radius 2 is 2.07 bits per heavy atom. The summed E-state index contributed by atoms with van der Waals surface area (Å²) in [5, 5.41) is 3.32. The lowest BCUT2D eigenvalue weighted by atomic mass is 9.74. The fraction of sp³-hybridized carbons (Fsp3) is 0.520. The molecule has 0 radical (unpaired) electrons. The molecule has 4 rings (SSSR count). The van der Waals surface area contributed by atoms with Gasteiger partial charge in [0.15, 0.2) is 0 Å². The molecule has 30 heavy (non-hydrogen) atoms. The van der Waals surface area contributed by atoms with Gasteiger partial charge in [0, 0.05) is 38.7 Å². The van der Waals surface area contributed by atoms with Crippen LogP contribution in [0.1, 0.15) is 31.7 Å². The minimum atomic E-state index is -0.380. The lowest BCUT2D eigenvalue weighted by Gasteiger charge is -2.36. The number of rotatable bonds is 7. The molecular formula is C25H33N3O2. The summed E-state index contributed by atoms with van der Waals surface area (Å²) in [6.07, 6.45) is 7.17. The van der Waals surface area contributed by atoms with E-state index >= 15 is 0 Å². The first kappa shape index (κ1) is 21.0. The van der Waals surface area contributed by atoms with Crippen LogP contribution in [0.2, 0.25) is 0 Å². The summed E-state index contributed by atoms with van der Waals surface area (Å²) >= 11 is 0. The van der Waals surface area contributed by atoms with Crippen LogP contribution in [-0.4, -0.2) is 55.2 Å². The Bertz CT molecular complexity index is 833. The summed E-state index contributed by atoms with van der Waals surface area (Å²) in [7, 11) is 0. The maximum Gasteiger partial charge on any atom is 0.226 e. The highest BCUT2D eigenvalue weighted by atomic mass is 16.5. The van der Waals surface area contributed by atoms with Gasteiger partial charge >= 0.3 is 0 Å². The molecule has 1 atom stereocenters. The van der Waals surface area contributed by atoms with Crippen LogP contribution in [0.5, 0.6) is 0 Å². The fourth-order valence-electron chi connectivity index (χ4n) is 4.82. The Kier molecular flexibility index (Phi) is 6.80. The number of aromatic nitrogens is 1. The Labute approximate surface area is 179 Å². The molecule has 2 aliphatic heterocycles. The summed E-state index contributed by atoms with van der Waals surface area (Å²) in [6.45, 7) is 7.65. The number of benzene rings is 1. The van der Waals surface area contributed by atoms with Gasteiger partial charge in [0.2, 0.25) is 5.91 Å². The summed E-state index contributed by atoms with van der Waals surface area (Å²) in [5.41, 5.74) is 3.07. The fourth-order valence-corrected chi connectivity index (χ4v) is 4.82. The first-order valence-corrected chi connectivity index (χ1v) is 11.3. The number of hydrogen-bond donors (Lipinski definition) is 1. The molecule has 1 N–H and O–H groups in total. The van der Waals surface area contributed by atoms with E-state index in [0.717, 1.165) is 56.6 Å².